The summed E-state index contributed by atoms with van der Waals surface area (Å²) in [6.07, 6.45) is 0.467. The number of carbonyl (C=O) groups is 5. The van der Waals surface area contributed by atoms with E-state index in [0.717, 1.165) is 0 Å². The smallest absolute Gasteiger partial charge is 0.273 e. The normalized spacial score (nSPS) is 17.3. The molecule has 1 fully saturated rings. The van der Waals surface area contributed by atoms with Gasteiger partial charge in [-0.05, 0) is 37.1 Å². The second-order valence-electron chi connectivity index (χ2n) is 7.35. The van der Waals surface area contributed by atoms with Crippen molar-refractivity contribution in [2.75, 3.05) is 5.32 Å². The highest BCUT2D eigenvalue weighted by molar-refractivity contribution is 6.08. The number of ketones is 1. The third kappa shape index (κ3) is 4.16. The minimum Gasteiger partial charge on any atom is -0.322 e. The van der Waals surface area contributed by atoms with Gasteiger partial charge in [-0.25, -0.2) is 0 Å². The Morgan fingerprint density at radius 2 is 1.91 bits per heavy atom. The van der Waals surface area contributed by atoms with Gasteiger partial charge in [-0.3, -0.25) is 34.4 Å². The average Bonchev–Trinajstić information content (AvgIpc) is 3.29. The van der Waals surface area contributed by atoms with Gasteiger partial charge in [0.15, 0.2) is 5.78 Å². The van der Waals surface area contributed by atoms with Crippen LogP contribution in [0.15, 0.2) is 18.2 Å². The lowest BCUT2D eigenvalue weighted by Crippen LogP contribution is -2.52. The van der Waals surface area contributed by atoms with Gasteiger partial charge < -0.3 is 10.2 Å². The number of aromatic nitrogens is 2. The molecule has 0 aliphatic carbocycles. The molecular weight excluding hydrogens is 414 g/mol. The number of H-pyrrole nitrogens is 1. The van der Waals surface area contributed by atoms with Crippen molar-refractivity contribution in [3.05, 3.63) is 46.3 Å². The minimum absolute atomic E-state index is 0.182. The van der Waals surface area contributed by atoms with Crippen molar-refractivity contribution in [1.29, 1.82) is 0 Å². The molecule has 1 atom stereocenters. The number of Topliss-reactive ketones (excluding diaryl/α,β-unsaturated/α-hetero) is 1. The Morgan fingerprint density at radius 1 is 1.19 bits per heavy atom. The van der Waals surface area contributed by atoms with E-state index in [1.807, 2.05) is 13.8 Å². The number of piperidine rings is 1. The van der Waals surface area contributed by atoms with Crippen molar-refractivity contribution >= 4 is 35.1 Å². The number of imide groups is 1. The number of nitrogens with zero attached hydrogens (tertiary/aromatic N) is 2. The van der Waals surface area contributed by atoms with Gasteiger partial charge in [0.1, 0.15) is 17.4 Å². The molecule has 3 heterocycles. The van der Waals surface area contributed by atoms with Crippen LogP contribution < -0.4 is 10.6 Å². The lowest BCUT2D eigenvalue weighted by molar-refractivity contribution is -0.136. The Balaban J connectivity index is 0.00000141. The maximum absolute atomic E-state index is 12.7. The topological polar surface area (TPSA) is 141 Å². The maximum Gasteiger partial charge on any atom is 0.273 e. The Bertz CT molecular complexity index is 1120. The van der Waals surface area contributed by atoms with Crippen LogP contribution in [0.4, 0.5) is 5.69 Å². The van der Waals surface area contributed by atoms with Crippen LogP contribution in [-0.2, 0) is 16.1 Å². The minimum atomic E-state index is -0.696. The van der Waals surface area contributed by atoms with Gasteiger partial charge in [0.2, 0.25) is 11.8 Å². The van der Waals surface area contributed by atoms with Crippen LogP contribution in [0.2, 0.25) is 0 Å². The van der Waals surface area contributed by atoms with Crippen molar-refractivity contribution in [2.24, 2.45) is 0 Å². The van der Waals surface area contributed by atoms with Gasteiger partial charge in [-0.15, -0.1) is 0 Å². The fourth-order valence-electron chi connectivity index (χ4n) is 3.81. The number of nitrogens with one attached hydrogen (secondary N) is 3. The summed E-state index contributed by atoms with van der Waals surface area (Å²) in [6, 6.07) is 4.17. The first-order valence-electron chi connectivity index (χ1n) is 10.4. The summed E-state index contributed by atoms with van der Waals surface area (Å²) in [4.78, 5) is 61.7. The quantitative estimate of drug-likeness (QED) is 0.491. The molecule has 1 aromatic carbocycles. The number of benzene rings is 1. The highest BCUT2D eigenvalue weighted by Gasteiger charge is 2.39. The summed E-state index contributed by atoms with van der Waals surface area (Å²) >= 11 is 0. The number of fused-ring (bicyclic) bond motifs is 1. The van der Waals surface area contributed by atoms with E-state index in [1.54, 1.807) is 25.1 Å². The fourth-order valence-corrected chi connectivity index (χ4v) is 3.81. The molecule has 4 rings (SSSR count). The van der Waals surface area contributed by atoms with E-state index in [0.29, 0.717) is 22.4 Å². The van der Waals surface area contributed by atoms with E-state index >= 15 is 0 Å². The monoisotopic (exact) mass is 439 g/mol. The molecule has 10 nitrogen and oxygen atoms in total. The number of carbonyl (C=O) groups excluding carboxylic acids is 5. The predicted octanol–water partition coefficient (Wildman–Crippen LogP) is 1.96. The Kier molecular flexibility index (Phi) is 6.52. The summed E-state index contributed by atoms with van der Waals surface area (Å²) < 4.78 is 0. The van der Waals surface area contributed by atoms with Gasteiger partial charge in [0, 0.05) is 36.7 Å². The standard InChI is InChI=1S/C20H19N5O5.C2H6/c1-9-16(10(2)26)23-24-17(9)19(29)21-12-3-4-13-11(7-12)8-25(20(13)30)14-5-6-15(27)22-18(14)28;1-2/h3-4,7,14H,5-6,8H2,1-2H3,(H,21,29)(H,23,24)(H,22,27,28);1-2H3. The molecule has 10 heteroatoms. The van der Waals surface area contributed by atoms with Gasteiger partial charge in [0.25, 0.3) is 11.8 Å². The molecule has 0 radical (unpaired) electrons. The summed E-state index contributed by atoms with van der Waals surface area (Å²) in [5.41, 5.74) is 2.44. The third-order valence-electron chi connectivity index (χ3n) is 5.35. The van der Waals surface area contributed by atoms with Gasteiger partial charge in [-0.1, -0.05) is 13.8 Å². The Labute approximate surface area is 184 Å². The number of rotatable bonds is 4. The largest absolute Gasteiger partial charge is 0.322 e. The summed E-state index contributed by atoms with van der Waals surface area (Å²) in [5, 5.41) is 11.4. The Hall–Kier alpha value is -3.82. The average molecular weight is 439 g/mol. The number of amides is 4. The molecule has 0 spiro atoms. The maximum atomic E-state index is 12.7. The van der Waals surface area contributed by atoms with Crippen molar-refractivity contribution in [3.63, 3.8) is 0 Å². The van der Waals surface area contributed by atoms with E-state index in [4.69, 9.17) is 0 Å². The molecule has 1 unspecified atom stereocenters. The van der Waals surface area contributed by atoms with Gasteiger partial charge in [-0.2, -0.15) is 5.10 Å². The second kappa shape index (κ2) is 9.13. The molecule has 4 amide bonds. The van der Waals surface area contributed by atoms with Gasteiger partial charge in [0.05, 0.1) is 0 Å². The van der Waals surface area contributed by atoms with Crippen LogP contribution in [0, 0.1) is 6.92 Å². The number of hydrogen-bond donors (Lipinski definition) is 3. The highest BCUT2D eigenvalue weighted by atomic mass is 16.2. The van der Waals surface area contributed by atoms with E-state index in [1.165, 1.54) is 11.8 Å². The molecule has 0 saturated carbocycles. The number of anilines is 1. The van der Waals surface area contributed by atoms with Crippen LogP contribution in [0.1, 0.15) is 76.1 Å². The molecule has 3 N–H and O–H groups in total. The van der Waals surface area contributed by atoms with Crippen LogP contribution >= 0.6 is 0 Å². The first-order chi connectivity index (χ1) is 15.3. The van der Waals surface area contributed by atoms with E-state index in [9.17, 15) is 24.0 Å². The van der Waals surface area contributed by atoms with Crippen LogP contribution in [-0.4, -0.2) is 50.6 Å². The lowest BCUT2D eigenvalue weighted by atomic mass is 10.0. The van der Waals surface area contributed by atoms with Crippen molar-refractivity contribution in [1.82, 2.24) is 20.4 Å². The fraction of sp³-hybridized carbons (Fsp3) is 0.364. The van der Waals surface area contributed by atoms with E-state index < -0.39 is 17.9 Å². The Morgan fingerprint density at radius 3 is 2.53 bits per heavy atom. The van der Waals surface area contributed by atoms with E-state index in [-0.39, 0.29) is 48.4 Å². The number of hydrogen-bond acceptors (Lipinski definition) is 6. The summed E-state index contributed by atoms with van der Waals surface area (Å²) in [5.74, 6) is -1.80. The first-order valence-corrected chi connectivity index (χ1v) is 10.4. The van der Waals surface area contributed by atoms with Crippen LogP contribution in [0.5, 0.6) is 0 Å². The number of aromatic amines is 1. The lowest BCUT2D eigenvalue weighted by Gasteiger charge is -2.29. The molecule has 32 heavy (non-hydrogen) atoms. The molecule has 1 aromatic heterocycles. The second-order valence-corrected chi connectivity index (χ2v) is 7.35. The van der Waals surface area contributed by atoms with Crippen molar-refractivity contribution in [2.45, 2.75) is 53.1 Å². The summed E-state index contributed by atoms with van der Waals surface area (Å²) in [7, 11) is 0. The first kappa shape index (κ1) is 22.9. The third-order valence-corrected chi connectivity index (χ3v) is 5.35. The zero-order valence-electron chi connectivity index (χ0n) is 18.4. The predicted molar refractivity (Wildman–Crippen MR) is 115 cm³/mol. The van der Waals surface area contributed by atoms with E-state index in [2.05, 4.69) is 20.8 Å². The molecule has 2 aliphatic rings. The zero-order chi connectivity index (χ0) is 23.6. The molecule has 2 aliphatic heterocycles. The highest BCUT2D eigenvalue weighted by Crippen LogP contribution is 2.29. The molecule has 2 aromatic rings. The SMILES string of the molecule is CC.CC(=O)c1n[nH]c(C(=O)Nc2ccc3c(c2)CN(C2CCC(=O)NC2=O)C3=O)c1C. The molecule has 168 valence electrons. The van der Waals surface area contributed by atoms with Gasteiger partial charge >= 0.3 is 0 Å². The molecule has 0 bridgehead atoms. The van der Waals surface area contributed by atoms with Crippen molar-refractivity contribution in [3.8, 4) is 0 Å². The summed E-state index contributed by atoms with van der Waals surface area (Å²) in [6.45, 7) is 7.21. The van der Waals surface area contributed by atoms with Crippen LogP contribution in [0.25, 0.3) is 0 Å². The van der Waals surface area contributed by atoms with Crippen molar-refractivity contribution < 1.29 is 24.0 Å². The molecular formula is C22H25N5O5. The molecule has 1 saturated heterocycles. The zero-order valence-corrected chi connectivity index (χ0v) is 18.4. The van der Waals surface area contributed by atoms with Crippen LogP contribution in [0.3, 0.4) is 0 Å².